The second-order valence-corrected chi connectivity index (χ2v) is 6.20. The number of halogens is 1. The number of aryl methyl sites for hydroxylation is 1. The van der Waals surface area contributed by atoms with Gasteiger partial charge in [-0.05, 0) is 24.1 Å². The van der Waals surface area contributed by atoms with Crippen LogP contribution in [0.4, 0.5) is 11.4 Å². The molecular formula is C18H19ClN2O3. The summed E-state index contributed by atoms with van der Waals surface area (Å²) in [6.45, 7) is 0.173. The number of fused-ring (bicyclic) bond motifs is 1. The quantitative estimate of drug-likeness (QED) is 0.896. The summed E-state index contributed by atoms with van der Waals surface area (Å²) in [4.78, 5) is 14.2. The van der Waals surface area contributed by atoms with Gasteiger partial charge in [-0.2, -0.15) is 0 Å². The topological polar surface area (TPSA) is 50.8 Å². The van der Waals surface area contributed by atoms with Gasteiger partial charge in [0.25, 0.3) is 0 Å². The van der Waals surface area contributed by atoms with Crippen molar-refractivity contribution in [3.05, 3.63) is 47.0 Å². The van der Waals surface area contributed by atoms with E-state index in [0.717, 1.165) is 11.3 Å². The molecule has 0 fully saturated rings. The van der Waals surface area contributed by atoms with Crippen LogP contribution in [0.3, 0.4) is 0 Å². The van der Waals surface area contributed by atoms with Gasteiger partial charge < -0.3 is 19.7 Å². The van der Waals surface area contributed by atoms with E-state index in [2.05, 4.69) is 5.32 Å². The molecule has 0 saturated heterocycles. The third-order valence-electron chi connectivity index (χ3n) is 3.83. The molecule has 0 spiro atoms. The number of carbonyl (C=O) groups excluding carboxylic acids is 1. The number of benzene rings is 2. The number of hydrogen-bond donors (Lipinski definition) is 1. The van der Waals surface area contributed by atoms with E-state index in [1.807, 2.05) is 43.3 Å². The van der Waals surface area contributed by atoms with Crippen LogP contribution in [-0.2, 0) is 11.2 Å². The summed E-state index contributed by atoms with van der Waals surface area (Å²) in [5, 5.41) is 3.26. The van der Waals surface area contributed by atoms with E-state index >= 15 is 0 Å². The highest BCUT2D eigenvalue weighted by atomic mass is 35.5. The van der Waals surface area contributed by atoms with Crippen molar-refractivity contribution in [1.29, 1.82) is 0 Å². The molecule has 1 N–H and O–H groups in total. The van der Waals surface area contributed by atoms with E-state index in [4.69, 9.17) is 21.1 Å². The molecule has 1 aliphatic rings. The molecule has 5 nitrogen and oxygen atoms in total. The number of nitrogens with one attached hydrogen (secondary N) is 1. The number of nitrogens with zero attached hydrogens (tertiary/aromatic N) is 1. The summed E-state index contributed by atoms with van der Waals surface area (Å²) in [6, 6.07) is 11.5. The fraction of sp³-hybridized carbons (Fsp3) is 0.278. The minimum atomic E-state index is -0.0903. The van der Waals surface area contributed by atoms with Gasteiger partial charge in [-0.3, -0.25) is 4.79 Å². The summed E-state index contributed by atoms with van der Waals surface area (Å²) < 4.78 is 10.5. The van der Waals surface area contributed by atoms with Gasteiger partial charge in [0.1, 0.15) is 0 Å². The highest BCUT2D eigenvalue weighted by molar-refractivity contribution is 6.34. The Morgan fingerprint density at radius 3 is 2.50 bits per heavy atom. The first kappa shape index (κ1) is 16.5. The molecule has 0 aliphatic carbocycles. The molecule has 0 bridgehead atoms. The Morgan fingerprint density at radius 2 is 1.83 bits per heavy atom. The van der Waals surface area contributed by atoms with Crippen molar-refractivity contribution >= 4 is 28.9 Å². The average molecular weight is 347 g/mol. The Morgan fingerprint density at radius 1 is 1.17 bits per heavy atom. The van der Waals surface area contributed by atoms with Crippen molar-refractivity contribution in [3.8, 4) is 11.5 Å². The monoisotopic (exact) mass is 346 g/mol. The highest BCUT2D eigenvalue weighted by Crippen LogP contribution is 2.39. The van der Waals surface area contributed by atoms with Crippen LogP contribution in [0.5, 0.6) is 11.5 Å². The molecule has 24 heavy (non-hydrogen) atoms. The van der Waals surface area contributed by atoms with Crippen LogP contribution in [-0.4, -0.2) is 26.8 Å². The van der Waals surface area contributed by atoms with E-state index in [9.17, 15) is 4.79 Å². The van der Waals surface area contributed by atoms with Crippen LogP contribution < -0.4 is 19.7 Å². The molecule has 2 aromatic rings. The van der Waals surface area contributed by atoms with Crippen LogP contribution in [0.25, 0.3) is 0 Å². The molecule has 126 valence electrons. The van der Waals surface area contributed by atoms with Crippen molar-refractivity contribution < 1.29 is 14.3 Å². The summed E-state index contributed by atoms with van der Waals surface area (Å²) >= 11 is 6.16. The normalized spacial score (nSPS) is 12.1. The molecule has 0 saturated carbocycles. The predicted molar refractivity (Wildman–Crippen MR) is 95.3 cm³/mol. The smallest absolute Gasteiger partial charge is 0.231 e. The lowest BCUT2D eigenvalue weighted by Crippen LogP contribution is -2.13. The Labute approximate surface area is 146 Å². The predicted octanol–water partition coefficient (Wildman–Crippen LogP) is 3.71. The number of carbonyl (C=O) groups is 1. The van der Waals surface area contributed by atoms with Crippen molar-refractivity contribution in [2.24, 2.45) is 0 Å². The van der Waals surface area contributed by atoms with Crippen molar-refractivity contribution in [2.75, 3.05) is 31.1 Å². The molecule has 2 aromatic carbocycles. The Bertz CT molecular complexity index is 745. The summed E-state index contributed by atoms with van der Waals surface area (Å²) in [5.41, 5.74) is 2.79. The van der Waals surface area contributed by atoms with E-state index in [0.29, 0.717) is 35.1 Å². The van der Waals surface area contributed by atoms with Crippen LogP contribution in [0, 0.1) is 0 Å². The zero-order valence-corrected chi connectivity index (χ0v) is 14.4. The summed E-state index contributed by atoms with van der Waals surface area (Å²) in [6.07, 6.45) is 1.05. The van der Waals surface area contributed by atoms with Gasteiger partial charge in [-0.25, -0.2) is 0 Å². The zero-order chi connectivity index (χ0) is 17.1. The van der Waals surface area contributed by atoms with Crippen LogP contribution in [0.2, 0.25) is 5.02 Å². The van der Waals surface area contributed by atoms with E-state index in [1.165, 1.54) is 0 Å². The maximum absolute atomic E-state index is 12.2. The highest BCUT2D eigenvalue weighted by Gasteiger charge is 2.17. The van der Waals surface area contributed by atoms with Gasteiger partial charge >= 0.3 is 0 Å². The zero-order valence-electron chi connectivity index (χ0n) is 13.6. The minimum Gasteiger partial charge on any atom is -0.454 e. The molecule has 0 radical (unpaired) electrons. The van der Waals surface area contributed by atoms with Crippen LogP contribution >= 0.6 is 11.6 Å². The Hall–Kier alpha value is -2.40. The first-order chi connectivity index (χ1) is 11.5. The molecule has 0 unspecified atom stereocenters. The molecule has 1 amide bonds. The number of amides is 1. The molecule has 0 aromatic heterocycles. The number of anilines is 2. The van der Waals surface area contributed by atoms with Gasteiger partial charge in [0.15, 0.2) is 11.5 Å². The third kappa shape index (κ3) is 3.74. The SMILES string of the molecule is CN(C)c1ccc(CCC(=O)Nc2cc3c(cc2Cl)OCO3)cc1. The van der Waals surface area contributed by atoms with Crippen molar-refractivity contribution in [2.45, 2.75) is 12.8 Å². The van der Waals surface area contributed by atoms with Gasteiger partial charge in [0.05, 0.1) is 10.7 Å². The Balaban J connectivity index is 1.58. The van der Waals surface area contributed by atoms with Crippen molar-refractivity contribution in [1.82, 2.24) is 0 Å². The van der Waals surface area contributed by atoms with E-state index < -0.39 is 0 Å². The summed E-state index contributed by atoms with van der Waals surface area (Å²) in [7, 11) is 4.00. The number of rotatable bonds is 5. The first-order valence-electron chi connectivity index (χ1n) is 7.68. The Kier molecular flexibility index (Phi) is 4.81. The summed E-state index contributed by atoms with van der Waals surface area (Å²) in [5.74, 6) is 1.10. The average Bonchev–Trinajstić information content (AvgIpc) is 3.00. The van der Waals surface area contributed by atoms with Gasteiger partial charge in [-0.1, -0.05) is 23.7 Å². The third-order valence-corrected chi connectivity index (χ3v) is 4.14. The second kappa shape index (κ2) is 7.01. The first-order valence-corrected chi connectivity index (χ1v) is 8.06. The van der Waals surface area contributed by atoms with Crippen LogP contribution in [0.15, 0.2) is 36.4 Å². The fourth-order valence-electron chi connectivity index (χ4n) is 2.44. The lowest BCUT2D eigenvalue weighted by atomic mass is 10.1. The number of hydrogen-bond acceptors (Lipinski definition) is 4. The molecule has 3 rings (SSSR count). The van der Waals surface area contributed by atoms with Gasteiger partial charge in [0.2, 0.25) is 12.7 Å². The molecule has 6 heteroatoms. The molecule has 0 atom stereocenters. The largest absolute Gasteiger partial charge is 0.454 e. The van der Waals surface area contributed by atoms with Gasteiger partial charge in [0, 0.05) is 38.3 Å². The van der Waals surface area contributed by atoms with Crippen molar-refractivity contribution in [3.63, 3.8) is 0 Å². The van der Waals surface area contributed by atoms with E-state index in [-0.39, 0.29) is 12.7 Å². The fourth-order valence-corrected chi connectivity index (χ4v) is 2.65. The molecule has 1 aliphatic heterocycles. The second-order valence-electron chi connectivity index (χ2n) is 5.79. The lowest BCUT2D eigenvalue weighted by molar-refractivity contribution is -0.116. The number of ether oxygens (including phenoxy) is 2. The lowest BCUT2D eigenvalue weighted by Gasteiger charge is -2.12. The minimum absolute atomic E-state index is 0.0903. The maximum atomic E-state index is 12.2. The maximum Gasteiger partial charge on any atom is 0.231 e. The molecule has 1 heterocycles. The van der Waals surface area contributed by atoms with E-state index in [1.54, 1.807) is 12.1 Å². The molecular weight excluding hydrogens is 328 g/mol. The van der Waals surface area contributed by atoms with Crippen LogP contribution in [0.1, 0.15) is 12.0 Å². The van der Waals surface area contributed by atoms with Gasteiger partial charge in [-0.15, -0.1) is 0 Å². The standard InChI is InChI=1S/C18H19ClN2O3/c1-21(2)13-6-3-12(4-7-13)5-8-18(22)20-15-10-17-16(9-14(15)19)23-11-24-17/h3-4,6-7,9-10H,5,8,11H2,1-2H3,(H,20,22).